The fraction of sp³-hybridized carbons (Fsp3) is 0.389. The first-order valence-corrected chi connectivity index (χ1v) is 15.8. The molecule has 4 aliphatic rings. The number of unbranched alkanes of at least 4 members (excludes halogenated alkanes) is 1. The third-order valence-corrected chi connectivity index (χ3v) is 9.69. The van der Waals surface area contributed by atoms with Gasteiger partial charge in [-0.25, -0.2) is 0 Å². The van der Waals surface area contributed by atoms with Gasteiger partial charge in [-0.1, -0.05) is 60.7 Å². The molecule has 3 aromatic carbocycles. The molecule has 0 aromatic heterocycles. The van der Waals surface area contributed by atoms with Crippen molar-refractivity contribution in [3.8, 4) is 11.1 Å². The number of para-hydroxylation sites is 1. The number of benzene rings is 3. The molecule has 3 heterocycles. The summed E-state index contributed by atoms with van der Waals surface area (Å²) in [5.74, 6) is 0.138. The van der Waals surface area contributed by atoms with Gasteiger partial charge in [0.25, 0.3) is 5.91 Å². The van der Waals surface area contributed by atoms with E-state index >= 15 is 0 Å². The number of allylic oxidation sites excluding steroid dienone is 1. The molecule has 2 amide bonds. The van der Waals surface area contributed by atoms with Gasteiger partial charge in [0.1, 0.15) is 5.54 Å². The smallest absolute Gasteiger partial charge is 0.288 e. The Hall–Kier alpha value is -4.14. The fourth-order valence-electron chi connectivity index (χ4n) is 7.35. The average molecular weight is 594 g/mol. The molecule has 2 saturated heterocycles. The molecule has 2 fully saturated rings. The van der Waals surface area contributed by atoms with Crippen molar-refractivity contribution in [3.05, 3.63) is 101 Å². The second-order valence-corrected chi connectivity index (χ2v) is 12.2. The van der Waals surface area contributed by atoms with Gasteiger partial charge < -0.3 is 29.7 Å². The number of carbonyl (C=O) groups excluding carboxylic acids is 2. The fourth-order valence-corrected chi connectivity index (χ4v) is 7.35. The van der Waals surface area contributed by atoms with E-state index in [0.29, 0.717) is 57.8 Å². The topological polar surface area (TPSA) is 91.3 Å². The Morgan fingerprint density at radius 3 is 2.57 bits per heavy atom. The predicted molar refractivity (Wildman–Crippen MR) is 168 cm³/mol. The largest absolute Gasteiger partial charge is 0.459 e. The first-order chi connectivity index (χ1) is 21.6. The van der Waals surface area contributed by atoms with Gasteiger partial charge in [-0.2, -0.15) is 0 Å². The van der Waals surface area contributed by atoms with Gasteiger partial charge in [0.15, 0.2) is 5.76 Å². The van der Waals surface area contributed by atoms with E-state index in [0.717, 1.165) is 18.5 Å². The van der Waals surface area contributed by atoms with Crippen molar-refractivity contribution in [1.82, 2.24) is 10.2 Å². The Labute approximate surface area is 258 Å². The number of aliphatic hydroxyl groups is 1. The minimum atomic E-state index is -0.666. The lowest BCUT2D eigenvalue weighted by molar-refractivity contribution is -0.154. The molecular formula is C36H39N3O5. The van der Waals surface area contributed by atoms with Crippen molar-refractivity contribution in [2.45, 2.75) is 56.3 Å². The van der Waals surface area contributed by atoms with Gasteiger partial charge in [0, 0.05) is 37.7 Å². The molecule has 1 aliphatic carbocycles. The van der Waals surface area contributed by atoms with Crippen molar-refractivity contribution in [1.29, 1.82) is 0 Å². The van der Waals surface area contributed by atoms with Crippen molar-refractivity contribution in [2.24, 2.45) is 0 Å². The molecular weight excluding hydrogens is 554 g/mol. The van der Waals surface area contributed by atoms with E-state index in [-0.39, 0.29) is 24.3 Å². The zero-order chi connectivity index (χ0) is 30.1. The summed E-state index contributed by atoms with van der Waals surface area (Å²) >= 11 is 0. The maximum atomic E-state index is 14.0. The maximum Gasteiger partial charge on any atom is 0.288 e. The number of rotatable bonds is 8. The van der Waals surface area contributed by atoms with E-state index in [9.17, 15) is 14.7 Å². The third kappa shape index (κ3) is 5.16. The quantitative estimate of drug-likeness (QED) is 0.288. The van der Waals surface area contributed by atoms with E-state index in [4.69, 9.17) is 9.47 Å². The van der Waals surface area contributed by atoms with Crippen LogP contribution in [0.2, 0.25) is 0 Å². The van der Waals surface area contributed by atoms with Crippen LogP contribution in [0.3, 0.4) is 0 Å². The van der Waals surface area contributed by atoms with Crippen molar-refractivity contribution in [3.63, 3.8) is 0 Å². The normalized spacial score (nSPS) is 21.8. The third-order valence-electron chi connectivity index (χ3n) is 9.69. The number of likely N-dealkylation sites (tertiary alicyclic amines) is 1. The Balaban J connectivity index is 1.13. The predicted octanol–water partition coefficient (Wildman–Crippen LogP) is 4.72. The molecule has 44 heavy (non-hydrogen) atoms. The van der Waals surface area contributed by atoms with Crippen LogP contribution >= 0.6 is 0 Å². The number of nitrogens with one attached hydrogen (secondary N) is 1. The number of aliphatic hydroxyl groups excluding tert-OH is 1. The van der Waals surface area contributed by atoms with E-state index in [1.54, 1.807) is 0 Å². The van der Waals surface area contributed by atoms with E-state index in [1.165, 1.54) is 27.8 Å². The first-order valence-electron chi connectivity index (χ1n) is 15.8. The summed E-state index contributed by atoms with van der Waals surface area (Å²) < 4.78 is 12.4. The van der Waals surface area contributed by atoms with Crippen LogP contribution in [0.1, 0.15) is 54.7 Å². The number of fused-ring (bicyclic) bond motifs is 3. The molecule has 2 atom stereocenters. The SMILES string of the molecule is O=C(C1=C[C@H](c2cccc3c2Cc2ccccc2-3)C[C@H](OCCCCO)O1)N1CCC2(CC1)C(=O)NCN2c1ccccc1. The van der Waals surface area contributed by atoms with Crippen molar-refractivity contribution in [2.75, 3.05) is 37.9 Å². The summed E-state index contributed by atoms with van der Waals surface area (Å²) in [5, 5.41) is 12.3. The first kappa shape index (κ1) is 28.6. The lowest BCUT2D eigenvalue weighted by Gasteiger charge is -2.43. The summed E-state index contributed by atoms with van der Waals surface area (Å²) in [6, 6.07) is 25.0. The van der Waals surface area contributed by atoms with E-state index in [1.807, 2.05) is 41.3 Å². The minimum Gasteiger partial charge on any atom is -0.459 e. The van der Waals surface area contributed by atoms with Gasteiger partial charge in [-0.15, -0.1) is 0 Å². The summed E-state index contributed by atoms with van der Waals surface area (Å²) in [6.45, 7) is 1.95. The molecule has 3 aliphatic heterocycles. The maximum absolute atomic E-state index is 14.0. The number of anilines is 1. The Morgan fingerprint density at radius 2 is 1.75 bits per heavy atom. The van der Waals surface area contributed by atoms with Crippen molar-refractivity contribution >= 4 is 17.5 Å². The molecule has 2 N–H and O–H groups in total. The second kappa shape index (κ2) is 12.1. The van der Waals surface area contributed by atoms with Crippen LogP contribution < -0.4 is 10.2 Å². The number of carbonyl (C=O) groups is 2. The highest BCUT2D eigenvalue weighted by Gasteiger charge is 2.51. The summed E-state index contributed by atoms with van der Waals surface area (Å²) in [7, 11) is 0. The summed E-state index contributed by atoms with van der Waals surface area (Å²) in [6.07, 6.45) is 5.36. The molecule has 0 bridgehead atoms. The van der Waals surface area contributed by atoms with Gasteiger partial charge >= 0.3 is 0 Å². The second-order valence-electron chi connectivity index (χ2n) is 12.2. The highest BCUT2D eigenvalue weighted by Crippen LogP contribution is 2.43. The van der Waals surface area contributed by atoms with Crippen LogP contribution in [0, 0.1) is 0 Å². The molecule has 8 nitrogen and oxygen atoms in total. The van der Waals surface area contributed by atoms with Crippen LogP contribution in [0.5, 0.6) is 0 Å². The van der Waals surface area contributed by atoms with Crippen molar-refractivity contribution < 1.29 is 24.2 Å². The lowest BCUT2D eigenvalue weighted by atomic mass is 9.85. The van der Waals surface area contributed by atoms with E-state index < -0.39 is 11.8 Å². The average Bonchev–Trinajstić information content (AvgIpc) is 3.60. The lowest BCUT2D eigenvalue weighted by Crippen LogP contribution is -2.57. The minimum absolute atomic E-state index is 0.0249. The molecule has 0 unspecified atom stereocenters. The Morgan fingerprint density at radius 1 is 0.977 bits per heavy atom. The number of nitrogens with zero attached hydrogens (tertiary/aromatic N) is 2. The molecule has 0 saturated carbocycles. The molecule has 8 heteroatoms. The van der Waals surface area contributed by atoms with E-state index in [2.05, 4.69) is 52.7 Å². The number of amides is 2. The highest BCUT2D eigenvalue weighted by atomic mass is 16.7. The van der Waals surface area contributed by atoms with Crippen LogP contribution in [0.15, 0.2) is 84.6 Å². The standard InChI is InChI=1S/C36H39N3O5/c40-19-6-7-20-43-33-23-26(29-13-8-14-30-28-12-5-4-9-25(28)21-31(29)30)22-32(44-33)34(41)38-17-15-36(16-18-38)35(42)37-24-39(36)27-10-2-1-3-11-27/h1-5,8-14,22,26,33,40H,6-7,15-21,23-24H2,(H,37,42)/t26-,33+/m0/s1. The van der Waals surface area contributed by atoms with Gasteiger partial charge in [-0.3, -0.25) is 9.59 Å². The van der Waals surface area contributed by atoms with Crippen LogP contribution in [0.25, 0.3) is 11.1 Å². The van der Waals surface area contributed by atoms with Crippen LogP contribution in [-0.4, -0.2) is 66.6 Å². The Kier molecular flexibility index (Phi) is 7.87. The van der Waals surface area contributed by atoms with Gasteiger partial charge in [-0.05, 0) is 78.1 Å². The van der Waals surface area contributed by atoms with Gasteiger partial charge in [0.05, 0.1) is 13.3 Å². The Bertz CT molecular complexity index is 1560. The number of hydrogen-bond acceptors (Lipinski definition) is 6. The van der Waals surface area contributed by atoms with Crippen LogP contribution in [-0.2, 0) is 25.5 Å². The molecule has 3 aromatic rings. The monoisotopic (exact) mass is 593 g/mol. The summed E-state index contributed by atoms with van der Waals surface area (Å²) in [5.41, 5.74) is 6.69. The molecule has 7 rings (SSSR count). The molecule has 0 radical (unpaired) electrons. The number of hydrogen-bond donors (Lipinski definition) is 2. The highest BCUT2D eigenvalue weighted by molar-refractivity contribution is 5.95. The number of piperidine rings is 1. The molecule has 228 valence electrons. The van der Waals surface area contributed by atoms with Crippen LogP contribution in [0.4, 0.5) is 5.69 Å². The number of ether oxygens (including phenoxy) is 2. The zero-order valence-electron chi connectivity index (χ0n) is 24.9. The van der Waals surface area contributed by atoms with Gasteiger partial charge in [0.2, 0.25) is 12.2 Å². The summed E-state index contributed by atoms with van der Waals surface area (Å²) in [4.78, 5) is 31.2. The molecule has 1 spiro atoms. The zero-order valence-corrected chi connectivity index (χ0v) is 24.9.